The molecule has 1 aromatic heterocycles. The van der Waals surface area contributed by atoms with Crippen LogP contribution in [0.25, 0.3) is 0 Å². The number of nitrogens with one attached hydrogen (secondary N) is 1. The first-order valence-corrected chi connectivity index (χ1v) is 7.40. The molecule has 1 aromatic carbocycles. The average Bonchev–Trinajstić information content (AvgIpc) is 2.64. The number of guanidine groups is 1. The molecule has 0 saturated carbocycles. The summed E-state index contributed by atoms with van der Waals surface area (Å²) in [7, 11) is 4.79. The predicted molar refractivity (Wildman–Crippen MR) is 92.5 cm³/mol. The van der Waals surface area contributed by atoms with E-state index in [9.17, 15) is 0 Å². The highest BCUT2D eigenvalue weighted by Gasteiger charge is 2.04. The van der Waals surface area contributed by atoms with Gasteiger partial charge in [-0.25, -0.2) is 9.98 Å². The molecule has 0 aliphatic heterocycles. The number of aromatic nitrogens is 1. The number of aliphatic imine (C=N–C) groups is 1. The molecule has 0 unspecified atom stereocenters. The minimum atomic E-state index is 0.362. The van der Waals surface area contributed by atoms with Crippen LogP contribution >= 0.6 is 0 Å². The zero-order chi connectivity index (χ0) is 17.4. The summed E-state index contributed by atoms with van der Waals surface area (Å²) >= 11 is 0. The number of pyridine rings is 1. The van der Waals surface area contributed by atoms with Crippen molar-refractivity contribution in [2.24, 2.45) is 10.7 Å². The van der Waals surface area contributed by atoms with Crippen LogP contribution in [0.4, 0.5) is 0 Å². The summed E-state index contributed by atoms with van der Waals surface area (Å²) in [6, 6.07) is 9.37. The number of nitrogens with two attached hydrogens (primary N) is 1. The van der Waals surface area contributed by atoms with E-state index in [1.165, 1.54) is 0 Å². The summed E-state index contributed by atoms with van der Waals surface area (Å²) in [5.74, 6) is 2.28. The van der Waals surface area contributed by atoms with Gasteiger partial charge in [0.15, 0.2) is 17.5 Å². The molecule has 0 fully saturated rings. The summed E-state index contributed by atoms with van der Waals surface area (Å²) in [6.45, 7) is 0.985. The van der Waals surface area contributed by atoms with Crippen LogP contribution in [0.3, 0.4) is 0 Å². The zero-order valence-corrected chi connectivity index (χ0v) is 14.1. The van der Waals surface area contributed by atoms with E-state index in [1.807, 2.05) is 30.3 Å². The summed E-state index contributed by atoms with van der Waals surface area (Å²) in [4.78, 5) is 8.38. The van der Waals surface area contributed by atoms with Crippen LogP contribution in [0.2, 0.25) is 0 Å². The van der Waals surface area contributed by atoms with Crippen molar-refractivity contribution in [1.82, 2.24) is 10.3 Å². The Balaban J connectivity index is 1.93. The van der Waals surface area contributed by atoms with Gasteiger partial charge in [0.1, 0.15) is 0 Å². The first-order valence-electron chi connectivity index (χ1n) is 7.40. The molecule has 0 aliphatic rings. The molecular weight excluding hydrogens is 308 g/mol. The van der Waals surface area contributed by atoms with Gasteiger partial charge in [-0.3, -0.25) is 0 Å². The van der Waals surface area contributed by atoms with Crippen molar-refractivity contribution in [3.05, 3.63) is 47.7 Å². The van der Waals surface area contributed by atoms with Crippen LogP contribution in [0.15, 0.2) is 41.5 Å². The highest BCUT2D eigenvalue weighted by molar-refractivity contribution is 5.77. The predicted octanol–water partition coefficient (Wildman–Crippen LogP) is 1.71. The SMILES string of the molecule is COc1cc(CNC(N)=NCc2ccc(OC)c(OC)c2)ccn1. The van der Waals surface area contributed by atoms with Gasteiger partial charge in [-0.05, 0) is 29.3 Å². The molecule has 128 valence electrons. The summed E-state index contributed by atoms with van der Waals surface area (Å²) < 4.78 is 15.6. The third kappa shape index (κ3) is 4.77. The Morgan fingerprint density at radius 3 is 2.54 bits per heavy atom. The summed E-state index contributed by atoms with van der Waals surface area (Å²) in [5.41, 5.74) is 7.88. The average molecular weight is 330 g/mol. The van der Waals surface area contributed by atoms with E-state index in [1.54, 1.807) is 27.5 Å². The normalized spacial score (nSPS) is 11.0. The fraction of sp³-hybridized carbons (Fsp3) is 0.294. The molecule has 7 heteroatoms. The maximum absolute atomic E-state index is 5.90. The first-order chi connectivity index (χ1) is 11.7. The van der Waals surface area contributed by atoms with E-state index in [0.717, 1.165) is 11.1 Å². The number of ether oxygens (including phenoxy) is 3. The molecule has 0 atom stereocenters. The monoisotopic (exact) mass is 330 g/mol. The Bertz CT molecular complexity index is 704. The summed E-state index contributed by atoms with van der Waals surface area (Å²) in [6.07, 6.45) is 1.69. The van der Waals surface area contributed by atoms with Gasteiger partial charge in [0, 0.05) is 18.8 Å². The Labute approximate surface area is 141 Å². The van der Waals surface area contributed by atoms with E-state index in [-0.39, 0.29) is 0 Å². The lowest BCUT2D eigenvalue weighted by atomic mass is 10.2. The molecule has 1 heterocycles. The van der Waals surface area contributed by atoms with E-state index >= 15 is 0 Å². The van der Waals surface area contributed by atoms with Crippen molar-refractivity contribution < 1.29 is 14.2 Å². The second-order valence-electron chi connectivity index (χ2n) is 4.95. The van der Waals surface area contributed by atoms with Crippen molar-refractivity contribution in [1.29, 1.82) is 0 Å². The molecule has 0 bridgehead atoms. The van der Waals surface area contributed by atoms with Gasteiger partial charge in [0.05, 0.1) is 27.9 Å². The van der Waals surface area contributed by atoms with E-state index in [0.29, 0.717) is 36.4 Å². The van der Waals surface area contributed by atoms with E-state index < -0.39 is 0 Å². The molecule has 2 rings (SSSR count). The lowest BCUT2D eigenvalue weighted by Crippen LogP contribution is -2.31. The van der Waals surface area contributed by atoms with E-state index in [4.69, 9.17) is 19.9 Å². The summed E-state index contributed by atoms with van der Waals surface area (Å²) in [5, 5.41) is 3.06. The van der Waals surface area contributed by atoms with Crippen LogP contribution in [-0.4, -0.2) is 32.3 Å². The molecule has 0 radical (unpaired) electrons. The lowest BCUT2D eigenvalue weighted by molar-refractivity contribution is 0.354. The lowest BCUT2D eigenvalue weighted by Gasteiger charge is -2.09. The van der Waals surface area contributed by atoms with Crippen LogP contribution in [0, 0.1) is 0 Å². The zero-order valence-electron chi connectivity index (χ0n) is 14.1. The van der Waals surface area contributed by atoms with Gasteiger partial charge in [-0.1, -0.05) is 6.07 Å². The van der Waals surface area contributed by atoms with Gasteiger partial charge < -0.3 is 25.3 Å². The molecule has 7 nitrogen and oxygen atoms in total. The third-order valence-corrected chi connectivity index (χ3v) is 3.36. The standard InChI is InChI=1S/C17H22N4O3/c1-22-14-5-4-12(8-15(14)23-2)10-20-17(18)21-11-13-6-7-19-16(9-13)24-3/h4-9H,10-11H2,1-3H3,(H3,18,20,21). The minimum absolute atomic E-state index is 0.362. The Hall–Kier alpha value is -2.96. The number of rotatable bonds is 7. The van der Waals surface area contributed by atoms with Crippen LogP contribution < -0.4 is 25.3 Å². The number of hydrogen-bond donors (Lipinski definition) is 2. The van der Waals surface area contributed by atoms with Gasteiger partial charge >= 0.3 is 0 Å². The van der Waals surface area contributed by atoms with Crippen molar-refractivity contribution >= 4 is 5.96 Å². The van der Waals surface area contributed by atoms with Crippen molar-refractivity contribution in [3.63, 3.8) is 0 Å². The number of nitrogens with zero attached hydrogens (tertiary/aromatic N) is 2. The fourth-order valence-electron chi connectivity index (χ4n) is 2.08. The maximum Gasteiger partial charge on any atom is 0.213 e. The van der Waals surface area contributed by atoms with Gasteiger partial charge in [0.25, 0.3) is 0 Å². The molecule has 0 saturated heterocycles. The molecular formula is C17H22N4O3. The minimum Gasteiger partial charge on any atom is -0.493 e. The van der Waals surface area contributed by atoms with Gasteiger partial charge in [0.2, 0.25) is 5.88 Å². The van der Waals surface area contributed by atoms with Crippen LogP contribution in [-0.2, 0) is 13.1 Å². The van der Waals surface area contributed by atoms with Crippen molar-refractivity contribution in [2.75, 3.05) is 21.3 Å². The van der Waals surface area contributed by atoms with Crippen LogP contribution in [0.5, 0.6) is 17.4 Å². The van der Waals surface area contributed by atoms with Gasteiger partial charge in [-0.15, -0.1) is 0 Å². The molecule has 3 N–H and O–H groups in total. The molecule has 0 spiro atoms. The largest absolute Gasteiger partial charge is 0.493 e. The third-order valence-electron chi connectivity index (χ3n) is 3.36. The Morgan fingerprint density at radius 2 is 1.83 bits per heavy atom. The Kier molecular flexibility index (Phi) is 6.24. The second kappa shape index (κ2) is 8.61. The number of benzene rings is 1. The smallest absolute Gasteiger partial charge is 0.213 e. The molecule has 0 aliphatic carbocycles. The highest BCUT2D eigenvalue weighted by atomic mass is 16.5. The fourth-order valence-corrected chi connectivity index (χ4v) is 2.08. The second-order valence-corrected chi connectivity index (χ2v) is 4.95. The van der Waals surface area contributed by atoms with E-state index in [2.05, 4.69) is 15.3 Å². The van der Waals surface area contributed by atoms with Crippen molar-refractivity contribution in [2.45, 2.75) is 13.1 Å². The van der Waals surface area contributed by atoms with Gasteiger partial charge in [-0.2, -0.15) is 0 Å². The Morgan fingerprint density at radius 1 is 1.04 bits per heavy atom. The quantitative estimate of drug-likeness (QED) is 0.593. The van der Waals surface area contributed by atoms with Crippen molar-refractivity contribution in [3.8, 4) is 17.4 Å². The highest BCUT2D eigenvalue weighted by Crippen LogP contribution is 2.27. The number of methoxy groups -OCH3 is 3. The molecule has 24 heavy (non-hydrogen) atoms. The maximum atomic E-state index is 5.90. The molecule has 0 amide bonds. The topological polar surface area (TPSA) is 91.0 Å². The molecule has 2 aromatic rings. The first kappa shape index (κ1) is 17.4. The number of hydrogen-bond acceptors (Lipinski definition) is 5. The van der Waals surface area contributed by atoms with Crippen LogP contribution in [0.1, 0.15) is 11.1 Å².